The van der Waals surface area contributed by atoms with E-state index in [-0.39, 0.29) is 5.91 Å². The number of rotatable bonds is 4. The summed E-state index contributed by atoms with van der Waals surface area (Å²) in [6, 6.07) is 6.79. The first-order valence-corrected chi connectivity index (χ1v) is 6.33. The van der Waals surface area contributed by atoms with Crippen LogP contribution < -0.4 is 16.0 Å². The largest absolute Gasteiger partial charge is 0.341 e. The lowest BCUT2D eigenvalue weighted by Crippen LogP contribution is -2.47. The summed E-state index contributed by atoms with van der Waals surface area (Å²) in [4.78, 5) is 22.5. The molecule has 6 heteroatoms. The van der Waals surface area contributed by atoms with Gasteiger partial charge in [0.05, 0.1) is 6.04 Å². The number of urea groups is 1. The molecule has 3 N–H and O–H groups in total. The van der Waals surface area contributed by atoms with Crippen LogP contribution in [0.3, 0.4) is 0 Å². The van der Waals surface area contributed by atoms with Crippen LogP contribution in [0.4, 0.5) is 4.79 Å². The number of carbonyl (C=O) groups excluding carboxylic acids is 2. The predicted octanol–water partition coefficient (Wildman–Crippen LogP) is 1.38. The van der Waals surface area contributed by atoms with Gasteiger partial charge in [0.15, 0.2) is 0 Å². The van der Waals surface area contributed by atoms with E-state index in [0.717, 1.165) is 10.0 Å². The van der Waals surface area contributed by atoms with Crippen molar-refractivity contribution in [1.82, 2.24) is 16.0 Å². The van der Waals surface area contributed by atoms with Gasteiger partial charge < -0.3 is 10.6 Å². The quantitative estimate of drug-likeness (QED) is 0.786. The van der Waals surface area contributed by atoms with Gasteiger partial charge in [-0.2, -0.15) is 0 Å². The average molecular weight is 314 g/mol. The van der Waals surface area contributed by atoms with Crippen molar-refractivity contribution in [2.45, 2.75) is 19.5 Å². The lowest BCUT2D eigenvalue weighted by Gasteiger charge is -2.13. The molecule has 1 unspecified atom stereocenters. The van der Waals surface area contributed by atoms with Crippen LogP contribution in [0, 0.1) is 0 Å². The molecular formula is C12H16BrN3O2. The molecule has 1 atom stereocenters. The van der Waals surface area contributed by atoms with Crippen molar-refractivity contribution in [3.63, 3.8) is 0 Å². The molecule has 0 saturated heterocycles. The maximum atomic E-state index is 11.6. The van der Waals surface area contributed by atoms with E-state index >= 15 is 0 Å². The Hall–Kier alpha value is -1.40. The molecule has 1 rings (SSSR count). The molecule has 0 saturated carbocycles. The molecule has 1 aromatic rings. The van der Waals surface area contributed by atoms with E-state index in [4.69, 9.17) is 0 Å². The van der Waals surface area contributed by atoms with Crippen LogP contribution in [0.5, 0.6) is 0 Å². The highest BCUT2D eigenvalue weighted by Gasteiger charge is 2.14. The molecule has 0 bridgehead atoms. The molecule has 0 heterocycles. The summed E-state index contributed by atoms with van der Waals surface area (Å²) in [5.74, 6) is -0.360. The van der Waals surface area contributed by atoms with E-state index in [9.17, 15) is 9.59 Å². The second-order valence-electron chi connectivity index (χ2n) is 3.76. The smallest absolute Gasteiger partial charge is 0.321 e. The molecule has 5 nitrogen and oxygen atoms in total. The fourth-order valence-corrected chi connectivity index (χ4v) is 1.71. The Kier molecular flexibility index (Phi) is 5.80. The lowest BCUT2D eigenvalue weighted by atomic mass is 10.2. The first kappa shape index (κ1) is 14.7. The zero-order valence-corrected chi connectivity index (χ0v) is 11.9. The van der Waals surface area contributed by atoms with Crippen molar-refractivity contribution in [3.8, 4) is 0 Å². The first-order valence-electron chi connectivity index (χ1n) is 5.54. The third-order valence-corrected chi connectivity index (χ3v) is 3.19. The number of hydrogen-bond acceptors (Lipinski definition) is 3. The molecular weight excluding hydrogens is 298 g/mol. The third-order valence-electron chi connectivity index (χ3n) is 2.41. The van der Waals surface area contributed by atoms with E-state index in [1.807, 2.05) is 24.3 Å². The molecule has 0 aromatic heterocycles. The van der Waals surface area contributed by atoms with Crippen LogP contribution >= 0.6 is 15.9 Å². The molecule has 0 aliphatic heterocycles. The Morgan fingerprint density at radius 2 is 2.00 bits per heavy atom. The summed E-state index contributed by atoms with van der Waals surface area (Å²) >= 11 is 3.43. The fraction of sp³-hybridized carbons (Fsp3) is 0.333. The van der Waals surface area contributed by atoms with Crippen molar-refractivity contribution in [3.05, 3.63) is 34.3 Å². The highest BCUT2D eigenvalue weighted by molar-refractivity contribution is 9.10. The van der Waals surface area contributed by atoms with Gasteiger partial charge in [0, 0.05) is 18.1 Å². The second kappa shape index (κ2) is 7.13. The Morgan fingerprint density at radius 1 is 1.33 bits per heavy atom. The zero-order chi connectivity index (χ0) is 13.5. The lowest BCUT2D eigenvalue weighted by molar-refractivity contribution is -0.121. The monoisotopic (exact) mass is 313 g/mol. The van der Waals surface area contributed by atoms with Crippen molar-refractivity contribution in [1.29, 1.82) is 0 Å². The second-order valence-corrected chi connectivity index (χ2v) is 4.62. The summed E-state index contributed by atoms with van der Waals surface area (Å²) < 4.78 is 0.983. The summed E-state index contributed by atoms with van der Waals surface area (Å²) in [7, 11) is 1.46. The number of halogens is 1. The van der Waals surface area contributed by atoms with Gasteiger partial charge in [0.1, 0.15) is 0 Å². The summed E-state index contributed by atoms with van der Waals surface area (Å²) in [5, 5.41) is 7.59. The van der Waals surface area contributed by atoms with Crippen molar-refractivity contribution >= 4 is 27.9 Å². The molecule has 0 radical (unpaired) electrons. The van der Waals surface area contributed by atoms with Crippen LogP contribution in [0.15, 0.2) is 28.7 Å². The van der Waals surface area contributed by atoms with Crippen LogP contribution in [0.25, 0.3) is 0 Å². The number of nitrogens with one attached hydrogen (secondary N) is 3. The van der Waals surface area contributed by atoms with Gasteiger partial charge in [0.25, 0.3) is 0 Å². The van der Waals surface area contributed by atoms with Gasteiger partial charge in [-0.3, -0.25) is 10.1 Å². The predicted molar refractivity (Wildman–Crippen MR) is 73.0 cm³/mol. The zero-order valence-electron chi connectivity index (χ0n) is 10.3. The van der Waals surface area contributed by atoms with Gasteiger partial charge in [-0.05, 0) is 18.6 Å². The maximum absolute atomic E-state index is 11.6. The molecule has 18 heavy (non-hydrogen) atoms. The minimum absolute atomic E-state index is 0.360. The van der Waals surface area contributed by atoms with E-state index in [1.54, 1.807) is 6.92 Å². The normalized spacial score (nSPS) is 11.7. The average Bonchev–Trinajstić information content (AvgIpc) is 2.37. The molecule has 0 aliphatic rings. The summed E-state index contributed by atoms with van der Waals surface area (Å²) in [6.07, 6.45) is 0. The van der Waals surface area contributed by atoms with E-state index in [2.05, 4.69) is 31.9 Å². The third kappa shape index (κ3) is 4.46. The van der Waals surface area contributed by atoms with Crippen molar-refractivity contribution < 1.29 is 9.59 Å². The Bertz CT molecular complexity index is 437. The van der Waals surface area contributed by atoms with Crippen LogP contribution in [0.1, 0.15) is 12.5 Å². The van der Waals surface area contributed by atoms with Gasteiger partial charge in [-0.15, -0.1) is 0 Å². The number of imide groups is 1. The molecule has 98 valence electrons. The minimum atomic E-state index is -0.505. The molecule has 0 fully saturated rings. The first-order chi connectivity index (χ1) is 8.54. The number of carbonyl (C=O) groups is 2. The highest BCUT2D eigenvalue weighted by Crippen LogP contribution is 2.15. The standard InChI is InChI=1S/C12H16BrN3O2/c1-8(11(17)16-12(18)14-2)15-7-9-5-3-4-6-10(9)13/h3-6,8,15H,7H2,1-2H3,(H2,14,16,17,18). The summed E-state index contributed by atoms with van der Waals surface area (Å²) in [6.45, 7) is 2.25. The highest BCUT2D eigenvalue weighted by atomic mass is 79.9. The van der Waals surface area contributed by atoms with E-state index < -0.39 is 12.1 Å². The molecule has 1 aromatic carbocycles. The summed E-state index contributed by atoms with van der Waals surface area (Å²) in [5.41, 5.74) is 1.05. The van der Waals surface area contributed by atoms with Gasteiger partial charge in [-0.25, -0.2) is 4.79 Å². The molecule has 3 amide bonds. The van der Waals surface area contributed by atoms with Gasteiger partial charge in [-0.1, -0.05) is 34.1 Å². The van der Waals surface area contributed by atoms with Crippen molar-refractivity contribution in [2.75, 3.05) is 7.05 Å². The Morgan fingerprint density at radius 3 is 2.61 bits per heavy atom. The van der Waals surface area contributed by atoms with Gasteiger partial charge >= 0.3 is 6.03 Å². The van der Waals surface area contributed by atoms with Crippen LogP contribution in [-0.2, 0) is 11.3 Å². The minimum Gasteiger partial charge on any atom is -0.341 e. The number of hydrogen-bond donors (Lipinski definition) is 3. The number of amides is 3. The molecule has 0 aliphatic carbocycles. The Labute approximate surface area is 114 Å². The Balaban J connectivity index is 2.46. The van der Waals surface area contributed by atoms with Crippen LogP contribution in [-0.4, -0.2) is 25.0 Å². The topological polar surface area (TPSA) is 70.2 Å². The fourth-order valence-electron chi connectivity index (χ4n) is 1.28. The van der Waals surface area contributed by atoms with E-state index in [0.29, 0.717) is 6.54 Å². The van der Waals surface area contributed by atoms with E-state index in [1.165, 1.54) is 7.05 Å². The van der Waals surface area contributed by atoms with Gasteiger partial charge in [0.2, 0.25) is 5.91 Å². The molecule has 0 spiro atoms. The maximum Gasteiger partial charge on any atom is 0.321 e. The number of benzene rings is 1. The van der Waals surface area contributed by atoms with Crippen molar-refractivity contribution in [2.24, 2.45) is 0 Å². The SMILES string of the molecule is CNC(=O)NC(=O)C(C)NCc1ccccc1Br. The van der Waals surface area contributed by atoms with Crippen LogP contribution in [0.2, 0.25) is 0 Å².